The molecule has 6 nitrogen and oxygen atoms in total. The maximum absolute atomic E-state index is 11.1. The maximum Gasteiger partial charge on any atom is 0.322 e. The lowest BCUT2D eigenvalue weighted by molar-refractivity contribution is -0.144. The number of esters is 1. The zero-order chi connectivity index (χ0) is 12.2. The van der Waals surface area contributed by atoms with Gasteiger partial charge in [0.25, 0.3) is 0 Å². The van der Waals surface area contributed by atoms with Crippen molar-refractivity contribution in [3.05, 3.63) is 0 Å². The van der Waals surface area contributed by atoms with Crippen LogP contribution >= 0.6 is 24.8 Å². The van der Waals surface area contributed by atoms with Crippen molar-refractivity contribution in [1.29, 1.82) is 0 Å². The van der Waals surface area contributed by atoms with Crippen LogP contribution in [0.2, 0.25) is 0 Å². The molecule has 0 amide bonds. The number of hydrogen-bond acceptors (Lipinski definition) is 6. The van der Waals surface area contributed by atoms with E-state index in [2.05, 4.69) is 10.5 Å². The average molecular weight is 304 g/mol. The molecule has 4 N–H and O–H groups in total. The fraction of sp³-hybridized carbons (Fsp3) is 0.800. The number of carbonyl (C=O) groups excluding carboxylic acids is 1. The minimum absolute atomic E-state index is 0. The number of nitrogens with one attached hydrogen (secondary N) is 1. The molecule has 0 aliphatic heterocycles. The fourth-order valence-corrected chi connectivity index (χ4v) is 1.19. The van der Waals surface area contributed by atoms with Gasteiger partial charge in [0, 0.05) is 6.54 Å². The largest absolute Gasteiger partial charge is 0.465 e. The van der Waals surface area contributed by atoms with Gasteiger partial charge in [0.15, 0.2) is 0 Å². The van der Waals surface area contributed by atoms with E-state index in [0.717, 1.165) is 19.4 Å². The van der Waals surface area contributed by atoms with E-state index in [-0.39, 0.29) is 30.8 Å². The van der Waals surface area contributed by atoms with Crippen LogP contribution in [0.3, 0.4) is 0 Å². The molecule has 0 bridgehead atoms. The second kappa shape index (κ2) is 16.4. The highest BCUT2D eigenvalue weighted by Gasteiger charge is 2.13. The average Bonchev–Trinajstić information content (AvgIpc) is 2.28. The van der Waals surface area contributed by atoms with E-state index < -0.39 is 6.04 Å². The molecule has 1 atom stereocenters. The Balaban J connectivity index is -0.00000112. The van der Waals surface area contributed by atoms with E-state index in [1.165, 1.54) is 6.21 Å². The van der Waals surface area contributed by atoms with Gasteiger partial charge in [-0.1, -0.05) is 6.42 Å². The molecule has 8 heteroatoms. The van der Waals surface area contributed by atoms with Crippen molar-refractivity contribution in [2.45, 2.75) is 32.2 Å². The van der Waals surface area contributed by atoms with Crippen LogP contribution < -0.4 is 11.1 Å². The number of carbonyl (C=O) groups is 1. The van der Waals surface area contributed by atoms with E-state index in [0.29, 0.717) is 19.6 Å². The summed E-state index contributed by atoms with van der Waals surface area (Å²) in [6.07, 6.45) is 3.80. The molecule has 0 heterocycles. The highest BCUT2D eigenvalue weighted by molar-refractivity contribution is 5.85. The summed E-state index contributed by atoms with van der Waals surface area (Å²) in [4.78, 5) is 11.1. The summed E-state index contributed by atoms with van der Waals surface area (Å²) in [5, 5.41) is 14.0. The summed E-state index contributed by atoms with van der Waals surface area (Å²) in [5.41, 5.74) is 5.62. The Morgan fingerprint density at radius 2 is 2.17 bits per heavy atom. The maximum atomic E-state index is 11.1. The number of unbranched alkanes of at least 4 members (excludes halogenated alkanes) is 1. The molecule has 0 unspecified atom stereocenters. The van der Waals surface area contributed by atoms with Crippen LogP contribution in [-0.2, 0) is 9.53 Å². The lowest BCUT2D eigenvalue weighted by Gasteiger charge is -2.09. The van der Waals surface area contributed by atoms with Gasteiger partial charge >= 0.3 is 5.97 Å². The topological polar surface area (TPSA) is 96.9 Å². The fourth-order valence-electron chi connectivity index (χ4n) is 1.19. The third-order valence-electron chi connectivity index (χ3n) is 2.03. The summed E-state index contributed by atoms with van der Waals surface area (Å²) in [5.74, 6) is -0.331. The second-order valence-electron chi connectivity index (χ2n) is 3.36. The summed E-state index contributed by atoms with van der Waals surface area (Å²) in [7, 11) is 0. The SMILES string of the molecule is CCOC(=O)[C@@H](N)CCCCNCC=NO.Cl.Cl. The summed E-state index contributed by atoms with van der Waals surface area (Å²) >= 11 is 0. The predicted molar refractivity (Wildman–Crippen MR) is 76.1 cm³/mol. The summed E-state index contributed by atoms with van der Waals surface area (Å²) in [6, 6.07) is -0.515. The lowest BCUT2D eigenvalue weighted by atomic mass is 10.1. The number of nitrogens with two attached hydrogens (primary N) is 1. The number of halogens is 2. The summed E-state index contributed by atoms with van der Waals surface area (Å²) in [6.45, 7) is 3.48. The molecule has 110 valence electrons. The first-order valence-corrected chi connectivity index (χ1v) is 5.51. The molecule has 0 radical (unpaired) electrons. The molecule has 0 fully saturated rings. The number of hydrogen-bond donors (Lipinski definition) is 3. The van der Waals surface area contributed by atoms with Crippen molar-refractivity contribution in [3.63, 3.8) is 0 Å². The van der Waals surface area contributed by atoms with Crippen molar-refractivity contribution in [3.8, 4) is 0 Å². The lowest BCUT2D eigenvalue weighted by Crippen LogP contribution is -2.32. The van der Waals surface area contributed by atoms with Gasteiger partial charge in [-0.25, -0.2) is 0 Å². The molecular weight excluding hydrogens is 281 g/mol. The third kappa shape index (κ3) is 13.5. The molecule has 18 heavy (non-hydrogen) atoms. The summed E-state index contributed by atoms with van der Waals surface area (Å²) < 4.78 is 4.79. The van der Waals surface area contributed by atoms with Crippen molar-refractivity contribution in [1.82, 2.24) is 5.32 Å². The zero-order valence-corrected chi connectivity index (χ0v) is 12.1. The van der Waals surface area contributed by atoms with Gasteiger partial charge < -0.3 is 21.0 Å². The Hall–Kier alpha value is -0.560. The first-order chi connectivity index (χ1) is 7.72. The Bertz CT molecular complexity index is 219. The van der Waals surface area contributed by atoms with Crippen molar-refractivity contribution in [2.75, 3.05) is 19.7 Å². The van der Waals surface area contributed by atoms with Crippen LogP contribution in [-0.4, -0.2) is 43.1 Å². The number of nitrogens with zero attached hydrogens (tertiary/aromatic N) is 1. The molecule has 0 aliphatic rings. The van der Waals surface area contributed by atoms with Gasteiger partial charge in [-0.05, 0) is 26.3 Å². The van der Waals surface area contributed by atoms with Crippen LogP contribution in [0.1, 0.15) is 26.2 Å². The van der Waals surface area contributed by atoms with Gasteiger partial charge in [-0.3, -0.25) is 4.79 Å². The Kier molecular flexibility index (Phi) is 20.6. The Morgan fingerprint density at radius 1 is 1.50 bits per heavy atom. The normalized spacial score (nSPS) is 11.4. The van der Waals surface area contributed by atoms with Gasteiger partial charge in [0.2, 0.25) is 0 Å². The Labute approximate surface area is 120 Å². The van der Waals surface area contributed by atoms with Gasteiger partial charge in [0.05, 0.1) is 12.8 Å². The molecule has 0 aromatic heterocycles. The molecule has 0 rings (SSSR count). The first-order valence-electron chi connectivity index (χ1n) is 5.51. The number of ether oxygens (including phenoxy) is 1. The molecule has 0 aromatic rings. The van der Waals surface area contributed by atoms with Crippen LogP contribution in [0, 0.1) is 0 Å². The van der Waals surface area contributed by atoms with Crippen molar-refractivity contribution < 1.29 is 14.7 Å². The van der Waals surface area contributed by atoms with Crippen LogP contribution in [0.5, 0.6) is 0 Å². The molecule has 0 aliphatic carbocycles. The highest BCUT2D eigenvalue weighted by atomic mass is 35.5. The Morgan fingerprint density at radius 3 is 2.72 bits per heavy atom. The molecule has 0 aromatic carbocycles. The van der Waals surface area contributed by atoms with E-state index in [1.54, 1.807) is 6.92 Å². The van der Waals surface area contributed by atoms with Crippen molar-refractivity contribution >= 4 is 37.0 Å². The highest BCUT2D eigenvalue weighted by Crippen LogP contribution is 2.00. The van der Waals surface area contributed by atoms with Gasteiger partial charge in [-0.2, -0.15) is 0 Å². The number of rotatable bonds is 9. The predicted octanol–water partition coefficient (Wildman–Crippen LogP) is 0.940. The minimum Gasteiger partial charge on any atom is -0.465 e. The zero-order valence-electron chi connectivity index (χ0n) is 10.5. The van der Waals surface area contributed by atoms with E-state index in [1.807, 2.05) is 0 Å². The van der Waals surface area contributed by atoms with Crippen LogP contribution in [0.4, 0.5) is 0 Å². The standard InChI is InChI=1S/C10H21N3O3.2ClH/c1-2-16-10(14)9(11)5-3-4-6-12-7-8-13-15;;/h8-9,12,15H,2-7,11H2,1H3;2*1H/t9-;;/m0../s1. The van der Waals surface area contributed by atoms with E-state index >= 15 is 0 Å². The molecule has 0 saturated carbocycles. The molecule has 0 spiro atoms. The van der Waals surface area contributed by atoms with Crippen molar-refractivity contribution in [2.24, 2.45) is 10.9 Å². The van der Waals surface area contributed by atoms with Gasteiger partial charge in [-0.15, -0.1) is 30.0 Å². The molecule has 0 saturated heterocycles. The quantitative estimate of drug-likeness (QED) is 0.194. The minimum atomic E-state index is -0.515. The van der Waals surface area contributed by atoms with E-state index in [9.17, 15) is 4.79 Å². The van der Waals surface area contributed by atoms with E-state index in [4.69, 9.17) is 15.7 Å². The third-order valence-corrected chi connectivity index (χ3v) is 2.03. The van der Waals surface area contributed by atoms with Crippen LogP contribution in [0.15, 0.2) is 5.16 Å². The van der Waals surface area contributed by atoms with Gasteiger partial charge in [0.1, 0.15) is 6.04 Å². The van der Waals surface area contributed by atoms with Crippen LogP contribution in [0.25, 0.3) is 0 Å². The first kappa shape index (κ1) is 22.6. The number of oxime groups is 1. The smallest absolute Gasteiger partial charge is 0.322 e. The molecular formula is C10H23Cl2N3O3. The second-order valence-corrected chi connectivity index (χ2v) is 3.36. The monoisotopic (exact) mass is 303 g/mol.